The standard InChI is InChI=1S/C13H19NO3/c1-2-17-13(16)9-12(15)11(14)8-10-6-4-3-5-7-10/h3-7,11-12,15H,2,8-9,14H2,1H3/t11-,12-/m0/s1. The summed E-state index contributed by atoms with van der Waals surface area (Å²) in [5.74, 6) is -0.413. The molecule has 17 heavy (non-hydrogen) atoms. The van der Waals surface area contributed by atoms with Gasteiger partial charge >= 0.3 is 5.97 Å². The number of ether oxygens (including phenoxy) is 1. The number of nitrogens with two attached hydrogens (primary N) is 1. The molecule has 0 unspecified atom stereocenters. The van der Waals surface area contributed by atoms with E-state index in [-0.39, 0.29) is 6.42 Å². The van der Waals surface area contributed by atoms with Crippen molar-refractivity contribution in [1.29, 1.82) is 0 Å². The minimum Gasteiger partial charge on any atom is -0.466 e. The molecule has 0 fully saturated rings. The minimum absolute atomic E-state index is 0.0537. The summed E-state index contributed by atoms with van der Waals surface area (Å²) in [6.07, 6.45) is -0.377. The zero-order valence-corrected chi connectivity index (χ0v) is 10.0. The lowest BCUT2D eigenvalue weighted by Gasteiger charge is -2.18. The van der Waals surface area contributed by atoms with Gasteiger partial charge in [-0.1, -0.05) is 30.3 Å². The molecule has 0 spiro atoms. The maximum atomic E-state index is 11.2. The van der Waals surface area contributed by atoms with Crippen molar-refractivity contribution in [3.63, 3.8) is 0 Å². The van der Waals surface area contributed by atoms with Gasteiger partial charge in [0.25, 0.3) is 0 Å². The molecular weight excluding hydrogens is 218 g/mol. The van der Waals surface area contributed by atoms with Crippen molar-refractivity contribution < 1.29 is 14.6 Å². The second-order valence-corrected chi connectivity index (χ2v) is 3.93. The third-order valence-electron chi connectivity index (χ3n) is 2.49. The van der Waals surface area contributed by atoms with E-state index in [0.717, 1.165) is 5.56 Å². The number of esters is 1. The number of aliphatic hydroxyl groups is 1. The molecule has 0 aromatic heterocycles. The number of hydrogen-bond acceptors (Lipinski definition) is 4. The van der Waals surface area contributed by atoms with E-state index in [4.69, 9.17) is 10.5 Å². The van der Waals surface area contributed by atoms with Crippen molar-refractivity contribution in [3.8, 4) is 0 Å². The summed E-state index contributed by atoms with van der Waals surface area (Å²) in [6, 6.07) is 9.18. The number of carbonyl (C=O) groups excluding carboxylic acids is 1. The van der Waals surface area contributed by atoms with Gasteiger partial charge in [-0.2, -0.15) is 0 Å². The molecule has 0 saturated carbocycles. The van der Waals surface area contributed by atoms with Crippen LogP contribution in [0.3, 0.4) is 0 Å². The molecule has 1 aromatic rings. The molecular formula is C13H19NO3. The first-order valence-electron chi connectivity index (χ1n) is 5.76. The lowest BCUT2D eigenvalue weighted by Crippen LogP contribution is -2.38. The lowest BCUT2D eigenvalue weighted by molar-refractivity contribution is -0.145. The first-order chi connectivity index (χ1) is 8.13. The molecule has 2 atom stereocenters. The Morgan fingerprint density at radius 2 is 2.06 bits per heavy atom. The first-order valence-corrected chi connectivity index (χ1v) is 5.76. The Morgan fingerprint density at radius 3 is 2.65 bits per heavy atom. The summed E-state index contributed by atoms with van der Waals surface area (Å²) in [4.78, 5) is 11.2. The predicted octanol–water partition coefficient (Wildman–Crippen LogP) is 0.870. The van der Waals surface area contributed by atoms with Gasteiger partial charge in [0.15, 0.2) is 0 Å². The summed E-state index contributed by atoms with van der Waals surface area (Å²) < 4.78 is 4.76. The zero-order chi connectivity index (χ0) is 12.7. The molecule has 0 radical (unpaired) electrons. The largest absolute Gasteiger partial charge is 0.466 e. The van der Waals surface area contributed by atoms with Crippen LogP contribution in [-0.2, 0) is 16.0 Å². The van der Waals surface area contributed by atoms with Crippen LogP contribution in [0.15, 0.2) is 30.3 Å². The predicted molar refractivity (Wildman–Crippen MR) is 65.4 cm³/mol. The second-order valence-electron chi connectivity index (χ2n) is 3.93. The highest BCUT2D eigenvalue weighted by molar-refractivity contribution is 5.70. The lowest BCUT2D eigenvalue weighted by atomic mass is 10.0. The molecule has 0 aliphatic heterocycles. The van der Waals surface area contributed by atoms with Crippen molar-refractivity contribution >= 4 is 5.97 Å². The van der Waals surface area contributed by atoms with Gasteiger partial charge < -0.3 is 15.6 Å². The molecule has 94 valence electrons. The normalized spacial score (nSPS) is 14.1. The Kier molecular flexibility index (Phi) is 5.66. The number of benzene rings is 1. The SMILES string of the molecule is CCOC(=O)C[C@H](O)[C@@H](N)Cc1ccccc1. The number of carbonyl (C=O) groups is 1. The molecule has 0 heterocycles. The molecule has 4 heteroatoms. The highest BCUT2D eigenvalue weighted by Gasteiger charge is 2.19. The van der Waals surface area contributed by atoms with E-state index in [2.05, 4.69) is 0 Å². The molecule has 0 aliphatic carbocycles. The van der Waals surface area contributed by atoms with Crippen molar-refractivity contribution in [2.24, 2.45) is 5.73 Å². The minimum atomic E-state index is -0.866. The summed E-state index contributed by atoms with van der Waals surface area (Å²) in [7, 11) is 0. The number of rotatable bonds is 6. The highest BCUT2D eigenvalue weighted by Crippen LogP contribution is 2.07. The van der Waals surface area contributed by atoms with Crippen LogP contribution in [0.1, 0.15) is 18.9 Å². The highest BCUT2D eigenvalue weighted by atomic mass is 16.5. The molecule has 1 aromatic carbocycles. The van der Waals surface area contributed by atoms with E-state index >= 15 is 0 Å². The molecule has 0 aliphatic rings. The van der Waals surface area contributed by atoms with Gasteiger partial charge in [0.2, 0.25) is 0 Å². The van der Waals surface area contributed by atoms with Crippen LogP contribution in [-0.4, -0.2) is 29.8 Å². The van der Waals surface area contributed by atoms with E-state index in [9.17, 15) is 9.90 Å². The monoisotopic (exact) mass is 237 g/mol. The molecule has 0 bridgehead atoms. The molecule has 0 amide bonds. The smallest absolute Gasteiger partial charge is 0.308 e. The van der Waals surface area contributed by atoms with E-state index in [1.807, 2.05) is 30.3 Å². The van der Waals surface area contributed by atoms with Crippen molar-refractivity contribution in [1.82, 2.24) is 0 Å². The fourth-order valence-corrected chi connectivity index (χ4v) is 1.56. The van der Waals surface area contributed by atoms with Crippen LogP contribution in [0.5, 0.6) is 0 Å². The van der Waals surface area contributed by atoms with Gasteiger partial charge in [-0.3, -0.25) is 4.79 Å². The molecule has 1 rings (SSSR count). The van der Waals surface area contributed by atoms with Crippen LogP contribution < -0.4 is 5.73 Å². The molecule has 0 saturated heterocycles. The molecule has 3 N–H and O–H groups in total. The van der Waals surface area contributed by atoms with E-state index in [1.165, 1.54) is 0 Å². The summed E-state index contributed by atoms with van der Waals surface area (Å²) in [5, 5.41) is 9.75. The van der Waals surface area contributed by atoms with Crippen LogP contribution in [0.2, 0.25) is 0 Å². The van der Waals surface area contributed by atoms with Crippen LogP contribution in [0.25, 0.3) is 0 Å². The second kappa shape index (κ2) is 7.04. The third-order valence-corrected chi connectivity index (χ3v) is 2.49. The fraction of sp³-hybridized carbons (Fsp3) is 0.462. The summed E-state index contributed by atoms with van der Waals surface area (Å²) >= 11 is 0. The average molecular weight is 237 g/mol. The van der Waals surface area contributed by atoms with Gasteiger partial charge in [0.05, 0.1) is 19.1 Å². The number of aliphatic hydroxyl groups excluding tert-OH is 1. The van der Waals surface area contributed by atoms with Crippen LogP contribution in [0, 0.1) is 0 Å². The van der Waals surface area contributed by atoms with Gasteiger partial charge in [-0.05, 0) is 18.9 Å². The number of hydrogen-bond donors (Lipinski definition) is 2. The van der Waals surface area contributed by atoms with Gasteiger partial charge in [-0.25, -0.2) is 0 Å². The average Bonchev–Trinajstić information content (AvgIpc) is 2.30. The Labute approximate surface area is 101 Å². The molecule has 4 nitrogen and oxygen atoms in total. The van der Waals surface area contributed by atoms with Crippen molar-refractivity contribution in [3.05, 3.63) is 35.9 Å². The Morgan fingerprint density at radius 1 is 1.41 bits per heavy atom. The fourth-order valence-electron chi connectivity index (χ4n) is 1.56. The van der Waals surface area contributed by atoms with Gasteiger partial charge in [0.1, 0.15) is 0 Å². The van der Waals surface area contributed by atoms with Crippen molar-refractivity contribution in [2.45, 2.75) is 31.9 Å². The van der Waals surface area contributed by atoms with E-state index in [1.54, 1.807) is 6.92 Å². The van der Waals surface area contributed by atoms with E-state index in [0.29, 0.717) is 13.0 Å². The zero-order valence-electron chi connectivity index (χ0n) is 10.0. The first kappa shape index (κ1) is 13.7. The third kappa shape index (κ3) is 4.97. The quantitative estimate of drug-likeness (QED) is 0.720. The van der Waals surface area contributed by atoms with Crippen LogP contribution >= 0.6 is 0 Å². The van der Waals surface area contributed by atoms with Crippen LogP contribution in [0.4, 0.5) is 0 Å². The Bertz CT molecular complexity index is 340. The van der Waals surface area contributed by atoms with E-state index < -0.39 is 18.1 Å². The Balaban J connectivity index is 2.42. The topological polar surface area (TPSA) is 72.5 Å². The Hall–Kier alpha value is -1.39. The van der Waals surface area contributed by atoms with Crippen molar-refractivity contribution in [2.75, 3.05) is 6.61 Å². The van der Waals surface area contributed by atoms with Gasteiger partial charge in [0, 0.05) is 6.04 Å². The maximum Gasteiger partial charge on any atom is 0.308 e. The summed E-state index contributed by atoms with van der Waals surface area (Å²) in [6.45, 7) is 2.05. The summed E-state index contributed by atoms with van der Waals surface area (Å²) in [5.41, 5.74) is 6.88. The van der Waals surface area contributed by atoms with Gasteiger partial charge in [-0.15, -0.1) is 0 Å². The maximum absolute atomic E-state index is 11.2.